The number of anilines is 1. The number of oxime groups is 1. The van der Waals surface area contributed by atoms with Crippen LogP contribution in [0.4, 0.5) is 5.82 Å². The van der Waals surface area contributed by atoms with E-state index in [9.17, 15) is 4.79 Å². The summed E-state index contributed by atoms with van der Waals surface area (Å²) in [6.45, 7) is 5.46. The van der Waals surface area contributed by atoms with Crippen LogP contribution >= 0.6 is 0 Å². The molecule has 1 aromatic heterocycles. The molecule has 0 radical (unpaired) electrons. The molecule has 0 aliphatic carbocycles. The molecule has 5 nitrogen and oxygen atoms in total. The number of aromatic nitrogens is 1. The summed E-state index contributed by atoms with van der Waals surface area (Å²) < 4.78 is 0. The Balaban J connectivity index is 2.82. The lowest BCUT2D eigenvalue weighted by molar-refractivity contribution is -0.123. The lowest BCUT2D eigenvalue weighted by Crippen LogP contribution is -2.28. The van der Waals surface area contributed by atoms with Crippen LogP contribution in [0.2, 0.25) is 0 Å². The van der Waals surface area contributed by atoms with Gasteiger partial charge in [0.15, 0.2) is 0 Å². The minimum Gasteiger partial charge on any atom is -0.411 e. The fourth-order valence-electron chi connectivity index (χ4n) is 0.956. The summed E-state index contributed by atoms with van der Waals surface area (Å²) >= 11 is 0. The summed E-state index contributed by atoms with van der Waals surface area (Å²) in [4.78, 5) is 15.7. The van der Waals surface area contributed by atoms with Crippen molar-refractivity contribution in [1.29, 1.82) is 0 Å². The first-order valence-corrected chi connectivity index (χ1v) is 4.89. The minimum atomic E-state index is -0.469. The monoisotopic (exact) mass is 221 g/mol. The third-order valence-electron chi connectivity index (χ3n) is 1.88. The molecule has 5 heteroatoms. The van der Waals surface area contributed by atoms with Crippen molar-refractivity contribution >= 4 is 17.9 Å². The summed E-state index contributed by atoms with van der Waals surface area (Å²) in [5.41, 5.74) is 0.0113. The quantitative estimate of drug-likeness (QED) is 0.455. The molecule has 0 atom stereocenters. The predicted octanol–water partition coefficient (Wildman–Crippen LogP) is 1.87. The number of hydrogen-bond donors (Lipinski definition) is 2. The maximum atomic E-state index is 11.7. The molecule has 1 rings (SSSR count). The van der Waals surface area contributed by atoms with Crippen molar-refractivity contribution in [3.63, 3.8) is 0 Å². The van der Waals surface area contributed by atoms with E-state index in [1.54, 1.807) is 18.2 Å². The van der Waals surface area contributed by atoms with Gasteiger partial charge in [0.2, 0.25) is 5.91 Å². The topological polar surface area (TPSA) is 74.6 Å². The number of rotatable bonds is 2. The number of pyridine rings is 1. The molecule has 86 valence electrons. The van der Waals surface area contributed by atoms with Crippen LogP contribution in [0.25, 0.3) is 0 Å². The summed E-state index contributed by atoms with van der Waals surface area (Å²) in [5, 5.41) is 13.9. The third-order valence-corrected chi connectivity index (χ3v) is 1.88. The summed E-state index contributed by atoms with van der Waals surface area (Å²) in [6.07, 6.45) is 1.20. The zero-order valence-electron chi connectivity index (χ0n) is 9.56. The normalized spacial score (nSPS) is 11.7. The second kappa shape index (κ2) is 4.74. The van der Waals surface area contributed by atoms with Crippen LogP contribution < -0.4 is 5.32 Å². The number of carbonyl (C=O) groups is 1. The first kappa shape index (κ1) is 12.2. The molecule has 0 bridgehead atoms. The Morgan fingerprint density at radius 1 is 1.50 bits per heavy atom. The number of nitrogens with one attached hydrogen (secondary N) is 1. The molecule has 1 aromatic rings. The molecule has 0 saturated carbocycles. The van der Waals surface area contributed by atoms with Crippen molar-refractivity contribution in [2.75, 3.05) is 5.32 Å². The van der Waals surface area contributed by atoms with E-state index in [4.69, 9.17) is 5.21 Å². The number of amides is 1. The number of nitrogens with zero attached hydrogens (tertiary/aromatic N) is 2. The van der Waals surface area contributed by atoms with Crippen LogP contribution in [0.3, 0.4) is 0 Å². The van der Waals surface area contributed by atoms with E-state index in [1.807, 2.05) is 20.8 Å². The van der Waals surface area contributed by atoms with E-state index in [1.165, 1.54) is 6.21 Å². The smallest absolute Gasteiger partial charge is 0.230 e. The van der Waals surface area contributed by atoms with Gasteiger partial charge in [-0.25, -0.2) is 4.98 Å². The van der Waals surface area contributed by atoms with Gasteiger partial charge < -0.3 is 10.5 Å². The zero-order valence-corrected chi connectivity index (χ0v) is 9.56. The van der Waals surface area contributed by atoms with Gasteiger partial charge in [-0.1, -0.05) is 32.0 Å². The highest BCUT2D eigenvalue weighted by molar-refractivity contribution is 5.94. The van der Waals surface area contributed by atoms with E-state index in [2.05, 4.69) is 15.5 Å². The van der Waals surface area contributed by atoms with Gasteiger partial charge in [0.05, 0.1) is 11.9 Å². The average Bonchev–Trinajstić information content (AvgIpc) is 2.17. The first-order valence-electron chi connectivity index (χ1n) is 4.89. The van der Waals surface area contributed by atoms with Crippen LogP contribution in [0, 0.1) is 5.41 Å². The van der Waals surface area contributed by atoms with Gasteiger partial charge in [0.1, 0.15) is 5.82 Å². The summed E-state index contributed by atoms with van der Waals surface area (Å²) in [5.74, 6) is 0.329. The van der Waals surface area contributed by atoms with E-state index in [-0.39, 0.29) is 5.91 Å². The van der Waals surface area contributed by atoms with Gasteiger partial charge in [-0.15, -0.1) is 0 Å². The number of carbonyl (C=O) groups excluding carboxylic acids is 1. The van der Waals surface area contributed by atoms with E-state index in [0.29, 0.717) is 11.5 Å². The fraction of sp³-hybridized carbons (Fsp3) is 0.364. The second-order valence-electron chi connectivity index (χ2n) is 4.40. The SMILES string of the molecule is CC(C)(C)C(=O)Nc1cccc(/C=N/O)n1. The molecule has 2 N–H and O–H groups in total. The second-order valence-corrected chi connectivity index (χ2v) is 4.40. The van der Waals surface area contributed by atoms with Crippen molar-refractivity contribution < 1.29 is 10.0 Å². The Morgan fingerprint density at radius 2 is 2.19 bits per heavy atom. The molecular formula is C11H15N3O2. The fourth-order valence-corrected chi connectivity index (χ4v) is 0.956. The molecule has 1 heterocycles. The van der Waals surface area contributed by atoms with Gasteiger partial charge in [-0.05, 0) is 12.1 Å². The van der Waals surface area contributed by atoms with Crippen LogP contribution in [-0.2, 0) is 4.79 Å². The van der Waals surface area contributed by atoms with Gasteiger partial charge in [0, 0.05) is 5.41 Å². The lowest BCUT2D eigenvalue weighted by atomic mass is 9.96. The molecular weight excluding hydrogens is 206 g/mol. The Labute approximate surface area is 94.2 Å². The highest BCUT2D eigenvalue weighted by Gasteiger charge is 2.21. The molecule has 0 spiro atoms. The van der Waals surface area contributed by atoms with Crippen LogP contribution in [0.1, 0.15) is 26.5 Å². The largest absolute Gasteiger partial charge is 0.411 e. The molecule has 0 unspecified atom stereocenters. The zero-order chi connectivity index (χ0) is 12.2. The van der Waals surface area contributed by atoms with Gasteiger partial charge in [-0.3, -0.25) is 4.79 Å². The van der Waals surface area contributed by atoms with Crippen molar-refractivity contribution in [3.05, 3.63) is 23.9 Å². The maximum absolute atomic E-state index is 11.7. The molecule has 1 amide bonds. The van der Waals surface area contributed by atoms with Crippen molar-refractivity contribution in [3.8, 4) is 0 Å². The maximum Gasteiger partial charge on any atom is 0.230 e. The summed E-state index contributed by atoms with van der Waals surface area (Å²) in [6, 6.07) is 5.08. The van der Waals surface area contributed by atoms with E-state index < -0.39 is 5.41 Å². The Hall–Kier alpha value is -1.91. The highest BCUT2D eigenvalue weighted by atomic mass is 16.4. The first-order chi connectivity index (χ1) is 7.43. The Kier molecular flexibility index (Phi) is 3.60. The van der Waals surface area contributed by atoms with Gasteiger partial charge >= 0.3 is 0 Å². The summed E-state index contributed by atoms with van der Waals surface area (Å²) in [7, 11) is 0. The molecule has 0 aliphatic rings. The van der Waals surface area contributed by atoms with E-state index >= 15 is 0 Å². The minimum absolute atomic E-state index is 0.113. The predicted molar refractivity (Wildman–Crippen MR) is 61.7 cm³/mol. The molecule has 0 aliphatic heterocycles. The lowest BCUT2D eigenvalue weighted by Gasteiger charge is -2.17. The molecule has 0 aromatic carbocycles. The van der Waals surface area contributed by atoms with Crippen LogP contribution in [0.15, 0.2) is 23.4 Å². The van der Waals surface area contributed by atoms with Crippen molar-refractivity contribution in [2.45, 2.75) is 20.8 Å². The van der Waals surface area contributed by atoms with Crippen molar-refractivity contribution in [2.24, 2.45) is 10.6 Å². The van der Waals surface area contributed by atoms with Crippen molar-refractivity contribution in [1.82, 2.24) is 4.98 Å². The molecule has 0 fully saturated rings. The van der Waals surface area contributed by atoms with Crippen LogP contribution in [-0.4, -0.2) is 22.3 Å². The molecule has 0 saturated heterocycles. The highest BCUT2D eigenvalue weighted by Crippen LogP contribution is 2.16. The number of hydrogen-bond acceptors (Lipinski definition) is 4. The Bertz CT molecular complexity index is 408. The van der Waals surface area contributed by atoms with Gasteiger partial charge in [0.25, 0.3) is 0 Å². The molecule has 16 heavy (non-hydrogen) atoms. The Morgan fingerprint density at radius 3 is 2.75 bits per heavy atom. The van der Waals surface area contributed by atoms with Crippen LogP contribution in [0.5, 0.6) is 0 Å². The third kappa shape index (κ3) is 3.34. The van der Waals surface area contributed by atoms with E-state index in [0.717, 1.165) is 0 Å². The van der Waals surface area contributed by atoms with Gasteiger partial charge in [-0.2, -0.15) is 0 Å². The standard InChI is InChI=1S/C11H15N3O2/c1-11(2,3)10(15)14-9-6-4-5-8(13-9)7-12-16/h4-7,16H,1-3H3,(H,13,14,15)/b12-7+. The average molecular weight is 221 g/mol.